The van der Waals surface area contributed by atoms with Crippen LogP contribution in [0.2, 0.25) is 0 Å². The maximum absolute atomic E-state index is 13.2. The Hall–Kier alpha value is -3.40. The van der Waals surface area contributed by atoms with Gasteiger partial charge in [0, 0.05) is 20.1 Å². The fourth-order valence-corrected chi connectivity index (χ4v) is 3.93. The number of hydrogen-bond acceptors (Lipinski definition) is 7. The van der Waals surface area contributed by atoms with Crippen molar-refractivity contribution in [3.63, 3.8) is 0 Å². The smallest absolute Gasteiger partial charge is 0.356 e. The van der Waals surface area contributed by atoms with Crippen LogP contribution >= 0.6 is 0 Å². The van der Waals surface area contributed by atoms with Crippen LogP contribution in [0, 0.1) is 11.7 Å². The second kappa shape index (κ2) is 9.39. The summed E-state index contributed by atoms with van der Waals surface area (Å²) in [6.45, 7) is 1.05. The van der Waals surface area contributed by atoms with E-state index in [4.69, 9.17) is 14.5 Å². The fourth-order valence-electron chi connectivity index (χ4n) is 3.93. The van der Waals surface area contributed by atoms with Gasteiger partial charge in [0.1, 0.15) is 17.2 Å². The quantitative estimate of drug-likeness (QED) is 0.561. The molecule has 32 heavy (non-hydrogen) atoms. The van der Waals surface area contributed by atoms with E-state index >= 15 is 0 Å². The number of nitrogens with one attached hydrogen (secondary N) is 1. The van der Waals surface area contributed by atoms with Gasteiger partial charge in [0.2, 0.25) is 5.82 Å². The highest BCUT2D eigenvalue weighted by atomic mass is 19.1. The molecule has 3 aromatic rings. The van der Waals surface area contributed by atoms with E-state index < -0.39 is 17.3 Å². The van der Waals surface area contributed by atoms with E-state index in [0.717, 1.165) is 43.3 Å². The number of methoxy groups -OCH3 is 2. The lowest BCUT2D eigenvalue weighted by molar-refractivity contribution is 0.0594. The number of hydrogen-bond donors (Lipinski definition) is 1. The molecule has 0 saturated heterocycles. The molecule has 0 spiro atoms. The number of esters is 1. The van der Waals surface area contributed by atoms with E-state index in [9.17, 15) is 14.0 Å². The third-order valence-electron chi connectivity index (χ3n) is 5.64. The minimum absolute atomic E-state index is 0.233. The Bertz CT molecular complexity index is 1230. The van der Waals surface area contributed by atoms with Gasteiger partial charge in [-0.1, -0.05) is 6.08 Å². The molecular formula is C22H24FN5O4. The molecule has 1 atom stereocenters. The number of imidazole rings is 1. The molecule has 0 saturated carbocycles. The summed E-state index contributed by atoms with van der Waals surface area (Å²) in [5.41, 5.74) is 1.72. The standard InChI is InChI=1S/C22H24FN5O4/c1-31-10-9-28-18(25-16-7-8-17(22(30)32-2)26-20(16)28)11-13-3-5-14(6-4-13)19-24-12-15(23)21(29)27-19/h5,7-8,12-13H,3-4,6,9-11H2,1-2H3,(H,24,27,29). The average Bonchev–Trinajstić information content (AvgIpc) is 3.15. The molecule has 0 radical (unpaired) electrons. The monoisotopic (exact) mass is 441 g/mol. The lowest BCUT2D eigenvalue weighted by Crippen LogP contribution is -2.17. The predicted molar refractivity (Wildman–Crippen MR) is 115 cm³/mol. The van der Waals surface area contributed by atoms with E-state index in [0.29, 0.717) is 36.1 Å². The number of pyridine rings is 1. The van der Waals surface area contributed by atoms with E-state index in [-0.39, 0.29) is 5.69 Å². The summed E-state index contributed by atoms with van der Waals surface area (Å²) < 4.78 is 25.2. The number of H-pyrrole nitrogens is 1. The van der Waals surface area contributed by atoms with Crippen molar-refractivity contribution in [3.8, 4) is 0 Å². The van der Waals surface area contributed by atoms with Gasteiger partial charge < -0.3 is 19.0 Å². The second-order valence-corrected chi connectivity index (χ2v) is 7.69. The SMILES string of the molecule is COCCn1c(CC2CC=C(c3ncc(F)c(=O)[nH]3)CC2)nc2ccc(C(=O)OC)nc21. The average molecular weight is 441 g/mol. The van der Waals surface area contributed by atoms with E-state index in [1.54, 1.807) is 19.2 Å². The van der Waals surface area contributed by atoms with Gasteiger partial charge in [-0.2, -0.15) is 4.39 Å². The molecule has 0 aliphatic heterocycles. The van der Waals surface area contributed by atoms with Crippen molar-refractivity contribution in [1.29, 1.82) is 0 Å². The van der Waals surface area contributed by atoms with Crippen molar-refractivity contribution in [2.45, 2.75) is 32.2 Å². The molecule has 0 bridgehead atoms. The van der Waals surface area contributed by atoms with Gasteiger partial charge in [-0.05, 0) is 42.9 Å². The molecule has 1 N–H and O–H groups in total. The first kappa shape index (κ1) is 21.8. The molecule has 1 aliphatic rings. The Kier molecular flexibility index (Phi) is 6.40. The minimum Gasteiger partial charge on any atom is -0.464 e. The normalized spacial score (nSPS) is 16.2. The summed E-state index contributed by atoms with van der Waals surface area (Å²) in [6.07, 6.45) is 6.11. The summed E-state index contributed by atoms with van der Waals surface area (Å²) in [7, 11) is 2.96. The van der Waals surface area contributed by atoms with Gasteiger partial charge in [0.25, 0.3) is 5.56 Å². The molecule has 168 valence electrons. The fraction of sp³-hybridized carbons (Fsp3) is 0.409. The van der Waals surface area contributed by atoms with Crippen molar-refractivity contribution in [3.05, 3.63) is 57.9 Å². The van der Waals surface area contributed by atoms with Crippen molar-refractivity contribution < 1.29 is 18.7 Å². The molecule has 1 aliphatic carbocycles. The summed E-state index contributed by atoms with van der Waals surface area (Å²) in [4.78, 5) is 39.1. The highest BCUT2D eigenvalue weighted by Crippen LogP contribution is 2.31. The number of carbonyl (C=O) groups excluding carboxylic acids is 1. The van der Waals surface area contributed by atoms with Gasteiger partial charge in [-0.3, -0.25) is 4.79 Å². The summed E-state index contributed by atoms with van der Waals surface area (Å²) in [5.74, 6) is 0.250. The van der Waals surface area contributed by atoms with Crippen LogP contribution in [0.25, 0.3) is 16.7 Å². The Morgan fingerprint density at radius 3 is 2.84 bits per heavy atom. The predicted octanol–water partition coefficient (Wildman–Crippen LogP) is 2.51. The Morgan fingerprint density at radius 1 is 1.31 bits per heavy atom. The van der Waals surface area contributed by atoms with E-state index in [1.807, 2.05) is 10.6 Å². The van der Waals surface area contributed by atoms with Gasteiger partial charge >= 0.3 is 5.97 Å². The molecule has 1 unspecified atom stereocenters. The van der Waals surface area contributed by atoms with Gasteiger partial charge in [0.15, 0.2) is 11.3 Å². The zero-order valence-corrected chi connectivity index (χ0v) is 17.9. The topological polar surface area (TPSA) is 112 Å². The number of rotatable bonds is 7. The third-order valence-corrected chi connectivity index (χ3v) is 5.64. The van der Waals surface area contributed by atoms with Crippen LogP contribution < -0.4 is 5.56 Å². The number of aromatic nitrogens is 5. The van der Waals surface area contributed by atoms with Crippen molar-refractivity contribution >= 4 is 22.7 Å². The largest absolute Gasteiger partial charge is 0.464 e. The summed E-state index contributed by atoms with van der Waals surface area (Å²) >= 11 is 0. The highest BCUT2D eigenvalue weighted by Gasteiger charge is 2.22. The minimum atomic E-state index is -0.887. The van der Waals surface area contributed by atoms with Crippen LogP contribution in [0.15, 0.2) is 29.2 Å². The zero-order valence-electron chi connectivity index (χ0n) is 17.9. The molecular weight excluding hydrogens is 417 g/mol. The van der Waals surface area contributed by atoms with Crippen molar-refractivity contribution in [2.75, 3.05) is 20.8 Å². The molecule has 0 amide bonds. The van der Waals surface area contributed by atoms with Crippen LogP contribution in [0.4, 0.5) is 4.39 Å². The first-order chi connectivity index (χ1) is 15.5. The van der Waals surface area contributed by atoms with Crippen LogP contribution in [0.1, 0.15) is 41.4 Å². The first-order valence-corrected chi connectivity index (χ1v) is 10.4. The van der Waals surface area contributed by atoms with Crippen molar-refractivity contribution in [2.24, 2.45) is 5.92 Å². The Morgan fingerprint density at radius 2 is 2.16 bits per heavy atom. The first-order valence-electron chi connectivity index (χ1n) is 10.4. The molecule has 4 rings (SSSR count). The molecule has 0 aromatic carbocycles. The molecule has 0 fully saturated rings. The van der Waals surface area contributed by atoms with Crippen LogP contribution in [-0.4, -0.2) is 51.3 Å². The zero-order chi connectivity index (χ0) is 22.7. The Balaban J connectivity index is 1.57. The highest BCUT2D eigenvalue weighted by molar-refractivity contribution is 5.89. The summed E-state index contributed by atoms with van der Waals surface area (Å²) in [6, 6.07) is 3.38. The second-order valence-electron chi connectivity index (χ2n) is 7.69. The molecule has 3 heterocycles. The maximum Gasteiger partial charge on any atom is 0.356 e. The number of carbonyl (C=O) groups is 1. The number of allylic oxidation sites excluding steroid dienone is 2. The molecule has 10 heteroatoms. The van der Waals surface area contributed by atoms with Crippen LogP contribution in [0.5, 0.6) is 0 Å². The number of fused-ring (bicyclic) bond motifs is 1. The number of nitrogens with zero attached hydrogens (tertiary/aromatic N) is 4. The Labute approximate surface area is 183 Å². The number of halogens is 1. The molecule has 9 nitrogen and oxygen atoms in total. The van der Waals surface area contributed by atoms with Gasteiger partial charge in [-0.25, -0.2) is 19.7 Å². The molecule has 3 aromatic heterocycles. The lowest BCUT2D eigenvalue weighted by Gasteiger charge is -2.21. The lowest BCUT2D eigenvalue weighted by atomic mass is 9.87. The number of ether oxygens (including phenoxy) is 2. The number of aromatic amines is 1. The summed E-state index contributed by atoms with van der Waals surface area (Å²) in [5, 5.41) is 0. The van der Waals surface area contributed by atoms with Crippen molar-refractivity contribution in [1.82, 2.24) is 24.5 Å². The maximum atomic E-state index is 13.2. The van der Waals surface area contributed by atoms with Gasteiger partial charge in [0.05, 0.1) is 19.9 Å². The van der Waals surface area contributed by atoms with Crippen LogP contribution in [-0.2, 0) is 22.4 Å². The van der Waals surface area contributed by atoms with Gasteiger partial charge in [-0.15, -0.1) is 0 Å². The van der Waals surface area contributed by atoms with E-state index in [2.05, 4.69) is 15.0 Å². The van der Waals surface area contributed by atoms with E-state index in [1.165, 1.54) is 7.11 Å². The van der Waals surface area contributed by atoms with Crippen LogP contribution in [0.3, 0.4) is 0 Å². The third kappa shape index (κ3) is 4.45.